The SMILES string of the molecule is CCCCNC(=O)Nc1cccc(COCC(F)(F)C(F)F)c1. The molecule has 0 spiro atoms. The fourth-order valence-electron chi connectivity index (χ4n) is 1.66. The average Bonchev–Trinajstić information content (AvgIpc) is 2.47. The van der Waals surface area contributed by atoms with Gasteiger partial charge in [0.15, 0.2) is 0 Å². The Morgan fingerprint density at radius 1 is 1.35 bits per heavy atom. The molecule has 2 amide bonds. The van der Waals surface area contributed by atoms with Gasteiger partial charge in [-0.2, -0.15) is 8.78 Å². The van der Waals surface area contributed by atoms with E-state index in [0.29, 0.717) is 17.8 Å². The van der Waals surface area contributed by atoms with E-state index in [4.69, 9.17) is 0 Å². The number of urea groups is 1. The number of ether oxygens (including phenoxy) is 1. The fourth-order valence-corrected chi connectivity index (χ4v) is 1.66. The number of carbonyl (C=O) groups is 1. The van der Waals surface area contributed by atoms with Crippen molar-refractivity contribution in [3.8, 4) is 0 Å². The molecule has 0 saturated carbocycles. The molecule has 0 aromatic heterocycles. The van der Waals surface area contributed by atoms with Crippen LogP contribution in [0.2, 0.25) is 0 Å². The van der Waals surface area contributed by atoms with Gasteiger partial charge in [0.2, 0.25) is 0 Å². The van der Waals surface area contributed by atoms with Gasteiger partial charge in [-0.05, 0) is 24.1 Å². The molecule has 0 bridgehead atoms. The van der Waals surface area contributed by atoms with Crippen molar-refractivity contribution < 1.29 is 27.1 Å². The highest BCUT2D eigenvalue weighted by Crippen LogP contribution is 2.23. The van der Waals surface area contributed by atoms with Crippen LogP contribution in [0.25, 0.3) is 0 Å². The van der Waals surface area contributed by atoms with E-state index >= 15 is 0 Å². The van der Waals surface area contributed by atoms with Crippen LogP contribution in [0.15, 0.2) is 24.3 Å². The number of anilines is 1. The van der Waals surface area contributed by atoms with Gasteiger partial charge in [0.05, 0.1) is 6.61 Å². The number of hydrogen-bond acceptors (Lipinski definition) is 2. The van der Waals surface area contributed by atoms with Gasteiger partial charge in [0, 0.05) is 12.2 Å². The molecule has 0 aliphatic carbocycles. The number of halogens is 4. The normalized spacial score (nSPS) is 11.6. The van der Waals surface area contributed by atoms with Gasteiger partial charge >= 0.3 is 18.4 Å². The van der Waals surface area contributed by atoms with Crippen molar-refractivity contribution in [2.45, 2.75) is 38.7 Å². The second kappa shape index (κ2) is 9.34. The molecule has 0 fully saturated rings. The zero-order chi connectivity index (χ0) is 17.3. The van der Waals surface area contributed by atoms with Gasteiger partial charge in [-0.1, -0.05) is 25.5 Å². The molecule has 1 aromatic rings. The lowest BCUT2D eigenvalue weighted by Crippen LogP contribution is -2.32. The predicted molar refractivity (Wildman–Crippen MR) is 79.0 cm³/mol. The summed E-state index contributed by atoms with van der Waals surface area (Å²) in [6.45, 7) is 0.934. The maximum absolute atomic E-state index is 12.7. The molecule has 2 N–H and O–H groups in total. The van der Waals surface area contributed by atoms with Crippen molar-refractivity contribution in [1.29, 1.82) is 0 Å². The summed E-state index contributed by atoms with van der Waals surface area (Å²) < 4.78 is 54.0. The third-order valence-electron chi connectivity index (χ3n) is 2.88. The molecule has 0 unspecified atom stereocenters. The molecular formula is C15H20F4N2O2. The molecule has 0 atom stereocenters. The Kier molecular flexibility index (Phi) is 7.80. The average molecular weight is 336 g/mol. The summed E-state index contributed by atoms with van der Waals surface area (Å²) in [7, 11) is 0. The van der Waals surface area contributed by atoms with Gasteiger partial charge in [-0.15, -0.1) is 0 Å². The van der Waals surface area contributed by atoms with Crippen molar-refractivity contribution in [3.63, 3.8) is 0 Å². The molecule has 0 aliphatic heterocycles. The van der Waals surface area contributed by atoms with Crippen molar-refractivity contribution in [2.24, 2.45) is 0 Å². The van der Waals surface area contributed by atoms with Crippen LogP contribution < -0.4 is 10.6 Å². The first-order valence-electron chi connectivity index (χ1n) is 7.22. The first-order chi connectivity index (χ1) is 10.8. The minimum absolute atomic E-state index is 0.255. The number of rotatable bonds is 9. The van der Waals surface area contributed by atoms with E-state index in [-0.39, 0.29) is 12.6 Å². The van der Waals surface area contributed by atoms with Crippen LogP contribution in [-0.2, 0) is 11.3 Å². The molecule has 0 radical (unpaired) electrons. The zero-order valence-electron chi connectivity index (χ0n) is 12.8. The number of hydrogen-bond donors (Lipinski definition) is 2. The molecule has 4 nitrogen and oxygen atoms in total. The van der Waals surface area contributed by atoms with Crippen LogP contribution >= 0.6 is 0 Å². The number of carbonyl (C=O) groups excluding carboxylic acids is 1. The summed E-state index contributed by atoms with van der Waals surface area (Å²) >= 11 is 0. The first kappa shape index (κ1) is 19.2. The molecule has 130 valence electrons. The van der Waals surface area contributed by atoms with E-state index in [2.05, 4.69) is 15.4 Å². The minimum Gasteiger partial charge on any atom is -0.370 e. The lowest BCUT2D eigenvalue weighted by atomic mass is 10.2. The summed E-state index contributed by atoms with van der Waals surface area (Å²) in [4.78, 5) is 11.6. The third-order valence-corrected chi connectivity index (χ3v) is 2.88. The number of benzene rings is 1. The molecule has 1 rings (SSSR count). The Hall–Kier alpha value is -1.83. The Labute approximate surface area is 132 Å². The maximum Gasteiger partial charge on any atom is 0.330 e. The van der Waals surface area contributed by atoms with E-state index in [1.165, 1.54) is 6.07 Å². The highest BCUT2D eigenvalue weighted by atomic mass is 19.3. The summed E-state index contributed by atoms with van der Waals surface area (Å²) in [5, 5.41) is 5.26. The summed E-state index contributed by atoms with van der Waals surface area (Å²) in [5.41, 5.74) is 0.946. The van der Waals surface area contributed by atoms with Gasteiger partial charge in [0.1, 0.15) is 6.61 Å². The van der Waals surface area contributed by atoms with Crippen molar-refractivity contribution in [1.82, 2.24) is 5.32 Å². The van der Waals surface area contributed by atoms with Gasteiger partial charge in [-0.25, -0.2) is 13.6 Å². The van der Waals surface area contributed by atoms with Crippen molar-refractivity contribution in [2.75, 3.05) is 18.5 Å². The number of amides is 2. The largest absolute Gasteiger partial charge is 0.370 e. The van der Waals surface area contributed by atoms with Crippen LogP contribution in [0.5, 0.6) is 0 Å². The Bertz CT molecular complexity index is 498. The minimum atomic E-state index is -4.17. The summed E-state index contributed by atoms with van der Waals surface area (Å²) in [6, 6.07) is 5.96. The van der Waals surface area contributed by atoms with Crippen LogP contribution in [0.1, 0.15) is 25.3 Å². The summed E-state index contributed by atoms with van der Waals surface area (Å²) in [6.07, 6.45) is -1.95. The summed E-state index contributed by atoms with van der Waals surface area (Å²) in [5.74, 6) is -4.17. The molecule has 1 aromatic carbocycles. The lowest BCUT2D eigenvalue weighted by Gasteiger charge is -2.15. The Morgan fingerprint density at radius 3 is 2.74 bits per heavy atom. The van der Waals surface area contributed by atoms with E-state index in [0.717, 1.165) is 12.8 Å². The zero-order valence-corrected chi connectivity index (χ0v) is 12.8. The topological polar surface area (TPSA) is 50.4 Å². The van der Waals surface area contributed by atoms with E-state index in [9.17, 15) is 22.4 Å². The molecule has 23 heavy (non-hydrogen) atoms. The van der Waals surface area contributed by atoms with E-state index in [1.54, 1.807) is 18.2 Å². The quantitative estimate of drug-likeness (QED) is 0.528. The second-order valence-corrected chi connectivity index (χ2v) is 4.99. The standard InChI is InChI=1S/C15H20F4N2O2/c1-2-3-7-20-14(22)21-12-6-4-5-11(8-12)9-23-10-15(18,19)13(16)17/h4-6,8,13H,2-3,7,9-10H2,1H3,(H2,20,21,22). The monoisotopic (exact) mass is 336 g/mol. The molecular weight excluding hydrogens is 316 g/mol. The Morgan fingerprint density at radius 2 is 2.09 bits per heavy atom. The number of alkyl halides is 4. The predicted octanol–water partition coefficient (Wildman–Crippen LogP) is 4.03. The molecule has 8 heteroatoms. The molecule has 0 saturated heterocycles. The number of unbranched alkanes of at least 4 members (excludes halogenated alkanes) is 1. The second-order valence-electron chi connectivity index (χ2n) is 4.99. The molecule has 0 heterocycles. The van der Waals surface area contributed by atoms with Crippen LogP contribution in [-0.4, -0.2) is 31.5 Å². The van der Waals surface area contributed by atoms with Crippen molar-refractivity contribution >= 4 is 11.7 Å². The van der Waals surface area contributed by atoms with Gasteiger partial charge in [0.25, 0.3) is 0 Å². The highest BCUT2D eigenvalue weighted by molar-refractivity contribution is 5.89. The van der Waals surface area contributed by atoms with Gasteiger partial charge < -0.3 is 15.4 Å². The number of nitrogens with one attached hydrogen (secondary N) is 2. The maximum atomic E-state index is 12.7. The smallest absolute Gasteiger partial charge is 0.330 e. The van der Waals surface area contributed by atoms with E-state index < -0.39 is 19.0 Å². The van der Waals surface area contributed by atoms with Crippen LogP contribution in [0.3, 0.4) is 0 Å². The van der Waals surface area contributed by atoms with Crippen molar-refractivity contribution in [3.05, 3.63) is 29.8 Å². The van der Waals surface area contributed by atoms with Gasteiger partial charge in [-0.3, -0.25) is 0 Å². The first-order valence-corrected chi connectivity index (χ1v) is 7.22. The lowest BCUT2D eigenvalue weighted by molar-refractivity contribution is -0.168. The van der Waals surface area contributed by atoms with Crippen LogP contribution in [0, 0.1) is 0 Å². The third kappa shape index (κ3) is 7.32. The van der Waals surface area contributed by atoms with E-state index in [1.807, 2.05) is 6.92 Å². The highest BCUT2D eigenvalue weighted by Gasteiger charge is 2.40. The Balaban J connectivity index is 2.46. The molecule has 0 aliphatic rings. The fraction of sp³-hybridized carbons (Fsp3) is 0.533. The van der Waals surface area contributed by atoms with Crippen LogP contribution in [0.4, 0.5) is 28.0 Å².